The molecule has 2 unspecified atom stereocenters. The molecule has 1 N–H and O–H groups in total. The summed E-state index contributed by atoms with van der Waals surface area (Å²) in [5.74, 6) is -0.329. The summed E-state index contributed by atoms with van der Waals surface area (Å²) in [4.78, 5) is 23.0. The summed E-state index contributed by atoms with van der Waals surface area (Å²) >= 11 is 0. The third-order valence-corrected chi connectivity index (χ3v) is 11.8. The fraction of sp³-hybridized carbons (Fsp3) is 0.672. The predicted octanol–water partition coefficient (Wildman–Crippen LogP) is 16.7. The Morgan fingerprint density at radius 2 is 0.821 bits per heavy atom. The number of ether oxygens (including phenoxy) is 2. The number of rotatable bonds is 48. The Bertz CT molecular complexity index is 1430. The van der Waals surface area contributed by atoms with Gasteiger partial charge in [0.2, 0.25) is 0 Å². The minimum atomic E-state index is -4.30. The van der Waals surface area contributed by atoms with Gasteiger partial charge in [-0.1, -0.05) is 200 Å². The number of hydrogen-bond acceptors (Lipinski definition) is 6. The maximum Gasteiger partial charge on any atom is 0.472 e. The van der Waals surface area contributed by atoms with Crippen molar-refractivity contribution in [3.63, 3.8) is 0 Å². The van der Waals surface area contributed by atoms with Crippen LogP contribution in [-0.4, -0.2) is 75.6 Å². The molecular weight excluding hydrogens is 854 g/mol. The smallest absolute Gasteiger partial charge is 0.457 e. The average Bonchev–Trinajstić information content (AvgIpc) is 3.29. The van der Waals surface area contributed by atoms with Gasteiger partial charge in [-0.05, 0) is 96.3 Å². The van der Waals surface area contributed by atoms with Crippen molar-refractivity contribution in [2.24, 2.45) is 0 Å². The molecule has 0 heterocycles. The van der Waals surface area contributed by atoms with Crippen LogP contribution in [0.5, 0.6) is 0 Å². The Labute approximate surface area is 412 Å². The van der Waals surface area contributed by atoms with Gasteiger partial charge in [-0.2, -0.15) is 0 Å². The van der Waals surface area contributed by atoms with Crippen molar-refractivity contribution < 1.29 is 37.3 Å². The molecule has 0 saturated heterocycles. The number of allylic oxidation sites excluding steroid dienone is 18. The molecular formula is C58H101NO7P+. The molecule has 0 fully saturated rings. The second-order valence-electron chi connectivity index (χ2n) is 18.5. The van der Waals surface area contributed by atoms with Crippen LogP contribution >= 0.6 is 7.82 Å². The highest BCUT2D eigenvalue weighted by atomic mass is 31.2. The van der Waals surface area contributed by atoms with Crippen LogP contribution in [0.3, 0.4) is 0 Å². The van der Waals surface area contributed by atoms with Gasteiger partial charge in [-0.25, -0.2) is 4.57 Å². The molecule has 2 atom stereocenters. The van der Waals surface area contributed by atoms with Crippen molar-refractivity contribution in [1.82, 2.24) is 0 Å². The van der Waals surface area contributed by atoms with Crippen LogP contribution in [0.4, 0.5) is 0 Å². The average molecular weight is 955 g/mol. The fourth-order valence-corrected chi connectivity index (χ4v) is 7.55. The normalized spacial score (nSPS) is 14.4. The summed E-state index contributed by atoms with van der Waals surface area (Å²) < 4.78 is 35.2. The number of phosphoric ester groups is 1. The molecule has 384 valence electrons. The summed E-state index contributed by atoms with van der Waals surface area (Å²) in [7, 11) is 1.63. The quantitative estimate of drug-likeness (QED) is 0.0214. The van der Waals surface area contributed by atoms with Crippen LogP contribution in [0.25, 0.3) is 0 Å². The number of nitrogens with zero attached hydrogens (tertiary/aromatic N) is 1. The van der Waals surface area contributed by atoms with Crippen LogP contribution in [0.2, 0.25) is 0 Å². The van der Waals surface area contributed by atoms with Crippen molar-refractivity contribution in [3.8, 4) is 0 Å². The standard InChI is InChI=1S/C58H100NO7P/c1-6-8-10-12-14-16-18-20-22-24-26-28-29-30-31-32-33-35-37-39-41-43-45-47-49-51-58(60)66-57(56-65-67(61,62)64-54-52-59(3,4)5)55-63-53-50-48-46-44-42-40-38-36-34-27-25-23-21-19-17-15-13-11-9-7-2/h8-11,14-17,20-23,26-28,34,38,40,57H,6-7,12-13,18-19,24-25,29-33,35-37,39,41-56H2,1-5H3/p+1/b10-8-,11-9-,16-14-,17-15-,22-20-,23-21-,28-26-,34-27-,40-38-. The number of likely N-dealkylation sites (N-methyl/N-ethyl adjacent to an activating group) is 1. The molecule has 0 aliphatic heterocycles. The first-order valence-corrected chi connectivity index (χ1v) is 28.1. The first kappa shape index (κ1) is 64.2. The maximum absolute atomic E-state index is 12.8. The molecule has 0 rings (SSSR count). The van der Waals surface area contributed by atoms with E-state index in [1.54, 1.807) is 0 Å². The highest BCUT2D eigenvalue weighted by Gasteiger charge is 2.26. The van der Waals surface area contributed by atoms with E-state index in [1.807, 2.05) is 21.1 Å². The van der Waals surface area contributed by atoms with Crippen molar-refractivity contribution in [2.45, 2.75) is 200 Å². The molecule has 8 nitrogen and oxygen atoms in total. The molecule has 0 bridgehead atoms. The van der Waals surface area contributed by atoms with E-state index in [2.05, 4.69) is 123 Å². The maximum atomic E-state index is 12.8. The van der Waals surface area contributed by atoms with Gasteiger partial charge in [0, 0.05) is 13.0 Å². The van der Waals surface area contributed by atoms with Gasteiger partial charge in [0.15, 0.2) is 0 Å². The summed E-state index contributed by atoms with van der Waals surface area (Å²) in [5, 5.41) is 0. The zero-order valence-corrected chi connectivity index (χ0v) is 44.5. The van der Waals surface area contributed by atoms with Crippen LogP contribution < -0.4 is 0 Å². The lowest BCUT2D eigenvalue weighted by atomic mass is 10.0. The Hall–Kier alpha value is -2.84. The number of quaternary nitrogens is 1. The largest absolute Gasteiger partial charge is 0.472 e. The van der Waals surface area contributed by atoms with Crippen LogP contribution in [0, 0.1) is 0 Å². The van der Waals surface area contributed by atoms with Gasteiger partial charge in [-0.3, -0.25) is 13.8 Å². The van der Waals surface area contributed by atoms with E-state index in [0.717, 1.165) is 109 Å². The second kappa shape index (κ2) is 49.6. The first-order valence-electron chi connectivity index (χ1n) is 26.6. The van der Waals surface area contributed by atoms with Crippen LogP contribution in [0.15, 0.2) is 109 Å². The van der Waals surface area contributed by atoms with Crippen molar-refractivity contribution in [3.05, 3.63) is 109 Å². The Balaban J connectivity index is 4.18. The summed E-state index contributed by atoms with van der Waals surface area (Å²) in [6, 6.07) is 0. The zero-order valence-electron chi connectivity index (χ0n) is 43.6. The lowest BCUT2D eigenvalue weighted by Gasteiger charge is -2.24. The number of esters is 1. The van der Waals surface area contributed by atoms with E-state index in [1.165, 1.54) is 64.2 Å². The first-order chi connectivity index (χ1) is 32.6. The monoisotopic (exact) mass is 955 g/mol. The van der Waals surface area contributed by atoms with Crippen molar-refractivity contribution in [2.75, 3.05) is 54.1 Å². The number of carbonyl (C=O) groups excluding carboxylic acids is 1. The molecule has 67 heavy (non-hydrogen) atoms. The highest BCUT2D eigenvalue weighted by molar-refractivity contribution is 7.47. The molecule has 0 aromatic heterocycles. The van der Waals surface area contributed by atoms with E-state index < -0.39 is 13.9 Å². The molecule has 0 spiro atoms. The van der Waals surface area contributed by atoms with Gasteiger partial charge in [0.25, 0.3) is 0 Å². The van der Waals surface area contributed by atoms with Crippen LogP contribution in [0.1, 0.15) is 194 Å². The Kier molecular flexibility index (Phi) is 47.5. The number of carbonyl (C=O) groups is 1. The fourth-order valence-electron chi connectivity index (χ4n) is 6.81. The van der Waals surface area contributed by atoms with Crippen molar-refractivity contribution in [1.29, 1.82) is 0 Å². The summed E-state index contributed by atoms with van der Waals surface area (Å²) in [6.45, 7) is 5.32. The zero-order chi connectivity index (χ0) is 49.0. The molecule has 0 aromatic carbocycles. The van der Waals surface area contributed by atoms with Gasteiger partial charge in [-0.15, -0.1) is 0 Å². The van der Waals surface area contributed by atoms with E-state index in [9.17, 15) is 14.3 Å². The summed E-state index contributed by atoms with van der Waals surface area (Å²) in [6.07, 6.45) is 70.0. The third kappa shape index (κ3) is 54.0. The van der Waals surface area contributed by atoms with E-state index >= 15 is 0 Å². The number of unbranched alkanes of at least 4 members (excludes halogenated alkanes) is 16. The predicted molar refractivity (Wildman–Crippen MR) is 288 cm³/mol. The number of phosphoric acid groups is 1. The van der Waals surface area contributed by atoms with Gasteiger partial charge < -0.3 is 18.9 Å². The lowest BCUT2D eigenvalue weighted by molar-refractivity contribution is -0.870. The molecule has 0 aromatic rings. The minimum Gasteiger partial charge on any atom is -0.457 e. The third-order valence-electron chi connectivity index (χ3n) is 10.8. The van der Waals surface area contributed by atoms with Gasteiger partial charge in [0.1, 0.15) is 19.3 Å². The lowest BCUT2D eigenvalue weighted by Crippen LogP contribution is -2.37. The van der Waals surface area contributed by atoms with Crippen molar-refractivity contribution >= 4 is 13.8 Å². The molecule has 9 heteroatoms. The second-order valence-corrected chi connectivity index (χ2v) is 19.9. The Morgan fingerprint density at radius 1 is 0.463 bits per heavy atom. The van der Waals surface area contributed by atoms with E-state index in [-0.39, 0.29) is 25.8 Å². The Morgan fingerprint density at radius 3 is 1.22 bits per heavy atom. The molecule has 0 aliphatic rings. The topological polar surface area (TPSA) is 91.3 Å². The van der Waals surface area contributed by atoms with E-state index in [4.69, 9.17) is 18.5 Å². The highest BCUT2D eigenvalue weighted by Crippen LogP contribution is 2.43. The summed E-state index contributed by atoms with van der Waals surface area (Å²) in [5.41, 5.74) is 0. The molecule has 0 amide bonds. The number of hydrogen-bond donors (Lipinski definition) is 1. The molecule has 0 radical (unpaired) electrons. The minimum absolute atomic E-state index is 0.0769. The SMILES string of the molecule is CC/C=C\C/C=C\C/C=C\C/C=C\C/C=C\CCCCCCOCC(COP(=O)(O)OCC[N+](C)(C)C)OC(=O)CCCCCCCCCCCCCC/C=C\C/C=C\C/C=C\C/C=C\CC. The van der Waals surface area contributed by atoms with E-state index in [0.29, 0.717) is 24.1 Å². The molecule has 0 saturated carbocycles. The molecule has 0 aliphatic carbocycles. The van der Waals surface area contributed by atoms with Gasteiger partial charge in [0.05, 0.1) is 34.4 Å². The van der Waals surface area contributed by atoms with Crippen LogP contribution in [-0.2, 0) is 27.9 Å². The van der Waals surface area contributed by atoms with Gasteiger partial charge >= 0.3 is 13.8 Å².